The van der Waals surface area contributed by atoms with Gasteiger partial charge in [0, 0.05) is 16.9 Å². The zero-order valence-electron chi connectivity index (χ0n) is 8.42. The van der Waals surface area contributed by atoms with Gasteiger partial charge in [-0.3, -0.25) is 0 Å². The Balaban J connectivity index is 2.31. The van der Waals surface area contributed by atoms with Crippen molar-refractivity contribution in [1.82, 2.24) is 0 Å². The minimum Gasteiger partial charge on any atom is -0.461 e. The van der Waals surface area contributed by atoms with Gasteiger partial charge in [-0.1, -0.05) is 25.5 Å². The number of hydrogen-bond donors (Lipinski definition) is 0. The number of carbonyl (C=O) groups excluding carboxylic acids is 1. The molecule has 2 aliphatic rings. The molecule has 0 N–H and O–H groups in total. The SMILES string of the molecule is C=C[C@@]12CCCC[C@@H]1C(=C)C(=O)OC2. The summed E-state index contributed by atoms with van der Waals surface area (Å²) in [7, 11) is 0. The highest BCUT2D eigenvalue weighted by Gasteiger charge is 2.46. The van der Waals surface area contributed by atoms with Crippen LogP contribution < -0.4 is 0 Å². The predicted octanol–water partition coefficient (Wildman–Crippen LogP) is 2.46. The lowest BCUT2D eigenvalue weighted by atomic mass is 9.63. The topological polar surface area (TPSA) is 26.3 Å². The zero-order chi connectivity index (χ0) is 10.2. The largest absolute Gasteiger partial charge is 0.461 e. The lowest BCUT2D eigenvalue weighted by Gasteiger charge is -2.45. The molecule has 2 rings (SSSR count). The van der Waals surface area contributed by atoms with Gasteiger partial charge in [0.1, 0.15) is 6.61 Å². The van der Waals surface area contributed by atoms with E-state index in [4.69, 9.17) is 4.74 Å². The molecule has 1 saturated carbocycles. The van der Waals surface area contributed by atoms with Crippen LogP contribution >= 0.6 is 0 Å². The molecule has 0 bridgehead atoms. The first-order chi connectivity index (χ1) is 6.69. The Kier molecular flexibility index (Phi) is 2.22. The van der Waals surface area contributed by atoms with Gasteiger partial charge in [0.2, 0.25) is 0 Å². The molecule has 1 heterocycles. The van der Waals surface area contributed by atoms with Gasteiger partial charge in [0.25, 0.3) is 0 Å². The van der Waals surface area contributed by atoms with Gasteiger partial charge in [0.15, 0.2) is 0 Å². The lowest BCUT2D eigenvalue weighted by Crippen LogP contribution is -2.44. The Hall–Kier alpha value is -1.05. The molecule has 76 valence electrons. The van der Waals surface area contributed by atoms with Crippen LogP contribution in [0.4, 0.5) is 0 Å². The molecule has 0 aromatic heterocycles. The average molecular weight is 192 g/mol. The minimum atomic E-state index is -0.214. The van der Waals surface area contributed by atoms with Crippen molar-refractivity contribution in [1.29, 1.82) is 0 Å². The number of cyclic esters (lactones) is 1. The van der Waals surface area contributed by atoms with Crippen molar-refractivity contribution in [2.75, 3.05) is 6.61 Å². The summed E-state index contributed by atoms with van der Waals surface area (Å²) in [5, 5.41) is 0. The summed E-state index contributed by atoms with van der Waals surface area (Å²) in [4.78, 5) is 11.4. The van der Waals surface area contributed by atoms with Crippen molar-refractivity contribution in [2.24, 2.45) is 11.3 Å². The highest BCUT2D eigenvalue weighted by molar-refractivity contribution is 5.89. The first-order valence-electron chi connectivity index (χ1n) is 5.19. The fourth-order valence-electron chi connectivity index (χ4n) is 2.70. The molecule has 2 heteroatoms. The van der Waals surface area contributed by atoms with E-state index in [1.807, 2.05) is 6.08 Å². The standard InChI is InChI=1S/C12H16O2/c1-3-12-7-5-4-6-10(12)9(2)11(13)14-8-12/h3,10H,1-2,4-8H2/t10-,12+/m1/s1. The van der Waals surface area contributed by atoms with Crippen molar-refractivity contribution < 1.29 is 9.53 Å². The van der Waals surface area contributed by atoms with E-state index in [9.17, 15) is 4.79 Å². The van der Waals surface area contributed by atoms with Crippen molar-refractivity contribution in [3.8, 4) is 0 Å². The summed E-state index contributed by atoms with van der Waals surface area (Å²) in [6, 6.07) is 0. The van der Waals surface area contributed by atoms with E-state index in [1.165, 1.54) is 12.8 Å². The molecule has 1 aliphatic carbocycles. The van der Waals surface area contributed by atoms with Gasteiger partial charge in [-0.2, -0.15) is 0 Å². The van der Waals surface area contributed by atoms with E-state index in [2.05, 4.69) is 13.2 Å². The zero-order valence-corrected chi connectivity index (χ0v) is 8.42. The molecule has 2 nitrogen and oxygen atoms in total. The van der Waals surface area contributed by atoms with E-state index in [0.29, 0.717) is 12.2 Å². The number of hydrogen-bond acceptors (Lipinski definition) is 2. The normalized spacial score (nSPS) is 37.3. The highest BCUT2D eigenvalue weighted by atomic mass is 16.5. The van der Waals surface area contributed by atoms with Crippen molar-refractivity contribution >= 4 is 5.97 Å². The van der Waals surface area contributed by atoms with Crippen LogP contribution in [0.25, 0.3) is 0 Å². The predicted molar refractivity (Wildman–Crippen MR) is 54.7 cm³/mol. The van der Waals surface area contributed by atoms with Gasteiger partial charge in [0.05, 0.1) is 0 Å². The Bertz CT molecular complexity index is 293. The van der Waals surface area contributed by atoms with Crippen LogP contribution in [0.1, 0.15) is 25.7 Å². The smallest absolute Gasteiger partial charge is 0.333 e. The Morgan fingerprint density at radius 1 is 1.50 bits per heavy atom. The molecule has 14 heavy (non-hydrogen) atoms. The molecule has 0 radical (unpaired) electrons. The second kappa shape index (κ2) is 3.26. The maximum atomic E-state index is 11.4. The Morgan fingerprint density at radius 3 is 3.00 bits per heavy atom. The van der Waals surface area contributed by atoms with E-state index < -0.39 is 0 Å². The Morgan fingerprint density at radius 2 is 2.29 bits per heavy atom. The fourth-order valence-corrected chi connectivity index (χ4v) is 2.70. The lowest BCUT2D eigenvalue weighted by molar-refractivity contribution is -0.150. The third-order valence-corrected chi connectivity index (χ3v) is 3.64. The Labute approximate surface area is 84.6 Å². The third kappa shape index (κ3) is 1.21. The molecule has 0 unspecified atom stereocenters. The fraction of sp³-hybridized carbons (Fsp3) is 0.583. The van der Waals surface area contributed by atoms with Gasteiger partial charge in [-0.25, -0.2) is 4.79 Å². The summed E-state index contributed by atoms with van der Waals surface area (Å²) < 4.78 is 5.14. The average Bonchev–Trinajstić information content (AvgIpc) is 2.24. The molecular formula is C12H16O2. The monoisotopic (exact) mass is 192 g/mol. The van der Waals surface area contributed by atoms with Crippen LogP contribution in [0.3, 0.4) is 0 Å². The van der Waals surface area contributed by atoms with E-state index in [0.717, 1.165) is 12.8 Å². The maximum absolute atomic E-state index is 11.4. The summed E-state index contributed by atoms with van der Waals surface area (Å²) in [6.07, 6.45) is 6.49. The summed E-state index contributed by atoms with van der Waals surface area (Å²) in [5.74, 6) is 0.0596. The van der Waals surface area contributed by atoms with E-state index in [-0.39, 0.29) is 17.3 Å². The van der Waals surface area contributed by atoms with Crippen LogP contribution in [0.2, 0.25) is 0 Å². The van der Waals surface area contributed by atoms with E-state index in [1.54, 1.807) is 0 Å². The molecule has 1 aliphatic heterocycles. The second-order valence-corrected chi connectivity index (χ2v) is 4.34. The second-order valence-electron chi connectivity index (χ2n) is 4.34. The van der Waals surface area contributed by atoms with Crippen molar-refractivity contribution in [2.45, 2.75) is 25.7 Å². The molecule has 0 amide bonds. The van der Waals surface area contributed by atoms with Crippen LogP contribution in [-0.4, -0.2) is 12.6 Å². The van der Waals surface area contributed by atoms with Crippen LogP contribution in [0.15, 0.2) is 24.8 Å². The molecule has 0 aromatic rings. The van der Waals surface area contributed by atoms with Crippen molar-refractivity contribution in [3.05, 3.63) is 24.8 Å². The van der Waals surface area contributed by atoms with Gasteiger partial charge < -0.3 is 4.74 Å². The van der Waals surface area contributed by atoms with Crippen LogP contribution in [0.5, 0.6) is 0 Å². The number of ether oxygens (including phenoxy) is 1. The van der Waals surface area contributed by atoms with Crippen LogP contribution in [-0.2, 0) is 9.53 Å². The first kappa shape index (κ1) is 9.50. The quantitative estimate of drug-likeness (QED) is 0.362. The van der Waals surface area contributed by atoms with Gasteiger partial charge in [-0.15, -0.1) is 6.58 Å². The van der Waals surface area contributed by atoms with Gasteiger partial charge in [-0.05, 0) is 12.8 Å². The van der Waals surface area contributed by atoms with Crippen molar-refractivity contribution in [3.63, 3.8) is 0 Å². The van der Waals surface area contributed by atoms with Crippen LogP contribution in [0, 0.1) is 11.3 Å². The number of rotatable bonds is 1. The number of esters is 1. The molecule has 0 spiro atoms. The summed E-state index contributed by atoms with van der Waals surface area (Å²) in [5.41, 5.74) is 0.638. The molecule has 2 fully saturated rings. The molecule has 0 aromatic carbocycles. The third-order valence-electron chi connectivity index (χ3n) is 3.64. The number of fused-ring (bicyclic) bond motifs is 1. The maximum Gasteiger partial charge on any atom is 0.333 e. The summed E-state index contributed by atoms with van der Waals surface area (Å²) >= 11 is 0. The molecule has 2 atom stereocenters. The first-order valence-corrected chi connectivity index (χ1v) is 5.19. The molecular weight excluding hydrogens is 176 g/mol. The highest BCUT2D eigenvalue weighted by Crippen LogP contribution is 2.48. The van der Waals surface area contributed by atoms with Gasteiger partial charge >= 0.3 is 5.97 Å². The number of carbonyl (C=O) groups is 1. The van der Waals surface area contributed by atoms with E-state index >= 15 is 0 Å². The minimum absolute atomic E-state index is 0.0107. The molecule has 1 saturated heterocycles. The summed E-state index contributed by atoms with van der Waals surface area (Å²) in [6.45, 7) is 8.24.